The number of carbonyl (C=O) groups excluding carboxylic acids is 1. The maximum atomic E-state index is 12.7. The Bertz CT molecular complexity index is 527. The van der Waals surface area contributed by atoms with Crippen LogP contribution in [0.4, 0.5) is 10.5 Å². The molecule has 5 heteroatoms. The maximum Gasteiger partial charge on any atom is 0.324 e. The lowest BCUT2D eigenvalue weighted by molar-refractivity contribution is -0.142. The van der Waals surface area contributed by atoms with Gasteiger partial charge in [-0.1, -0.05) is 17.7 Å². The lowest BCUT2D eigenvalue weighted by Gasteiger charge is -2.30. The minimum atomic E-state index is -0.823. The quantitative estimate of drug-likeness (QED) is 0.931. The highest BCUT2D eigenvalue weighted by atomic mass is 16.4. The molecule has 1 aliphatic rings. The molecule has 1 N–H and O–H groups in total. The third-order valence-corrected chi connectivity index (χ3v) is 4.21. The van der Waals surface area contributed by atoms with E-state index in [4.69, 9.17) is 0 Å². The van der Waals surface area contributed by atoms with Crippen molar-refractivity contribution in [2.45, 2.75) is 33.2 Å². The fourth-order valence-corrected chi connectivity index (χ4v) is 2.85. The van der Waals surface area contributed by atoms with Crippen LogP contribution in [0.15, 0.2) is 24.3 Å². The maximum absolute atomic E-state index is 12.7. The van der Waals surface area contributed by atoms with E-state index in [-0.39, 0.29) is 12.1 Å². The predicted octanol–water partition coefficient (Wildman–Crippen LogP) is 2.74. The van der Waals surface area contributed by atoms with Crippen molar-refractivity contribution in [2.75, 3.05) is 18.0 Å². The number of likely N-dealkylation sites (tertiary alicyclic amines) is 1. The summed E-state index contributed by atoms with van der Waals surface area (Å²) in [7, 11) is 0. The van der Waals surface area contributed by atoms with Gasteiger partial charge < -0.3 is 10.0 Å². The monoisotopic (exact) mass is 290 g/mol. The molecule has 2 atom stereocenters. The van der Waals surface area contributed by atoms with Crippen molar-refractivity contribution in [2.24, 2.45) is 5.92 Å². The van der Waals surface area contributed by atoms with E-state index < -0.39 is 11.9 Å². The van der Waals surface area contributed by atoms with Crippen LogP contribution in [0, 0.1) is 12.8 Å². The standard InChI is InChI=1S/C16H22N2O3/c1-4-17(13-7-5-11(2)6-8-13)16(21)18-10-9-14(12(18)3)15(19)20/h5-8,12,14H,4,9-10H2,1-3H3,(H,19,20). The highest BCUT2D eigenvalue weighted by Gasteiger charge is 2.39. The molecule has 0 radical (unpaired) electrons. The van der Waals surface area contributed by atoms with Crippen LogP contribution in [0.2, 0.25) is 0 Å². The Morgan fingerprint density at radius 1 is 1.33 bits per heavy atom. The Morgan fingerprint density at radius 3 is 2.43 bits per heavy atom. The molecule has 1 aromatic rings. The van der Waals surface area contributed by atoms with Gasteiger partial charge in [-0.05, 0) is 39.3 Å². The summed E-state index contributed by atoms with van der Waals surface area (Å²) in [5.74, 6) is -1.29. The molecule has 0 saturated carbocycles. The molecule has 0 aromatic heterocycles. The Morgan fingerprint density at radius 2 is 1.95 bits per heavy atom. The number of amides is 2. The van der Waals surface area contributed by atoms with Gasteiger partial charge in [-0.3, -0.25) is 9.69 Å². The van der Waals surface area contributed by atoms with Crippen LogP contribution in [-0.2, 0) is 4.79 Å². The number of hydrogen-bond acceptors (Lipinski definition) is 2. The summed E-state index contributed by atoms with van der Waals surface area (Å²) in [4.78, 5) is 27.2. The second kappa shape index (κ2) is 6.16. The molecule has 21 heavy (non-hydrogen) atoms. The number of carboxylic acid groups (broad SMARTS) is 1. The zero-order valence-electron chi connectivity index (χ0n) is 12.7. The van der Waals surface area contributed by atoms with E-state index in [9.17, 15) is 14.7 Å². The third kappa shape index (κ3) is 3.01. The Labute approximate surface area is 125 Å². The molecule has 1 aliphatic heterocycles. The van der Waals surface area contributed by atoms with Crippen LogP contribution in [0.3, 0.4) is 0 Å². The molecule has 1 fully saturated rings. The number of hydrogen-bond donors (Lipinski definition) is 1. The lowest BCUT2D eigenvalue weighted by atomic mass is 10.0. The molecule has 2 amide bonds. The van der Waals surface area contributed by atoms with Crippen molar-refractivity contribution in [1.82, 2.24) is 4.90 Å². The molecule has 1 saturated heterocycles. The first-order valence-corrected chi connectivity index (χ1v) is 7.33. The molecule has 2 unspecified atom stereocenters. The van der Waals surface area contributed by atoms with Crippen molar-refractivity contribution in [3.63, 3.8) is 0 Å². The predicted molar refractivity (Wildman–Crippen MR) is 81.5 cm³/mol. The average molecular weight is 290 g/mol. The number of aliphatic carboxylic acids is 1. The largest absolute Gasteiger partial charge is 0.481 e. The Kier molecular flexibility index (Phi) is 4.50. The molecule has 0 spiro atoms. The van der Waals surface area contributed by atoms with E-state index in [0.29, 0.717) is 19.5 Å². The SMILES string of the molecule is CCN(C(=O)N1CCC(C(=O)O)C1C)c1ccc(C)cc1. The zero-order valence-corrected chi connectivity index (χ0v) is 12.7. The summed E-state index contributed by atoms with van der Waals surface area (Å²) in [5.41, 5.74) is 1.99. The van der Waals surface area contributed by atoms with Crippen molar-refractivity contribution < 1.29 is 14.7 Å². The van der Waals surface area contributed by atoms with Gasteiger partial charge >= 0.3 is 12.0 Å². The first kappa shape index (κ1) is 15.4. The van der Waals surface area contributed by atoms with Crippen molar-refractivity contribution in [3.05, 3.63) is 29.8 Å². The van der Waals surface area contributed by atoms with Crippen LogP contribution in [0.5, 0.6) is 0 Å². The summed E-state index contributed by atoms with van der Waals surface area (Å²) < 4.78 is 0. The van der Waals surface area contributed by atoms with E-state index in [2.05, 4.69) is 0 Å². The second-order valence-corrected chi connectivity index (χ2v) is 5.53. The average Bonchev–Trinajstić information content (AvgIpc) is 2.83. The topological polar surface area (TPSA) is 60.9 Å². The Hall–Kier alpha value is -2.04. The van der Waals surface area contributed by atoms with Gasteiger partial charge in [-0.25, -0.2) is 4.79 Å². The van der Waals surface area contributed by atoms with E-state index in [1.807, 2.05) is 45.0 Å². The van der Waals surface area contributed by atoms with Crippen LogP contribution < -0.4 is 4.90 Å². The number of urea groups is 1. The van der Waals surface area contributed by atoms with Crippen LogP contribution in [-0.4, -0.2) is 41.1 Å². The summed E-state index contributed by atoms with van der Waals surface area (Å²) in [6.07, 6.45) is 0.522. The van der Waals surface area contributed by atoms with E-state index in [1.165, 1.54) is 0 Å². The van der Waals surface area contributed by atoms with E-state index in [0.717, 1.165) is 11.3 Å². The lowest BCUT2D eigenvalue weighted by Crippen LogP contribution is -2.46. The molecule has 0 aliphatic carbocycles. The van der Waals surface area contributed by atoms with Gasteiger partial charge in [0.2, 0.25) is 0 Å². The molecule has 114 valence electrons. The number of benzene rings is 1. The zero-order chi connectivity index (χ0) is 15.6. The highest BCUT2D eigenvalue weighted by molar-refractivity contribution is 5.92. The molecule has 2 rings (SSSR count). The van der Waals surface area contributed by atoms with Gasteiger partial charge in [0.05, 0.1) is 5.92 Å². The molecule has 5 nitrogen and oxygen atoms in total. The summed E-state index contributed by atoms with van der Waals surface area (Å²) in [5, 5.41) is 9.18. The number of rotatable bonds is 3. The van der Waals surface area contributed by atoms with E-state index >= 15 is 0 Å². The third-order valence-electron chi connectivity index (χ3n) is 4.21. The minimum absolute atomic E-state index is 0.113. The summed E-state index contributed by atoms with van der Waals surface area (Å²) in [6, 6.07) is 7.41. The van der Waals surface area contributed by atoms with Gasteiger partial charge in [-0.15, -0.1) is 0 Å². The van der Waals surface area contributed by atoms with Crippen LogP contribution >= 0.6 is 0 Å². The first-order valence-electron chi connectivity index (χ1n) is 7.33. The van der Waals surface area contributed by atoms with Crippen LogP contribution in [0.25, 0.3) is 0 Å². The molecule has 1 heterocycles. The van der Waals surface area contributed by atoms with Crippen LogP contribution in [0.1, 0.15) is 25.8 Å². The Balaban J connectivity index is 2.17. The number of nitrogens with zero attached hydrogens (tertiary/aromatic N) is 2. The van der Waals surface area contributed by atoms with Gasteiger partial charge in [-0.2, -0.15) is 0 Å². The van der Waals surface area contributed by atoms with Gasteiger partial charge in [0.1, 0.15) is 0 Å². The first-order chi connectivity index (χ1) is 9.95. The van der Waals surface area contributed by atoms with E-state index in [1.54, 1.807) is 9.80 Å². The molecule has 1 aromatic carbocycles. The number of aryl methyl sites for hydroxylation is 1. The fraction of sp³-hybridized carbons (Fsp3) is 0.500. The normalized spacial score (nSPS) is 21.4. The summed E-state index contributed by atoms with van der Waals surface area (Å²) in [6.45, 7) is 6.80. The highest BCUT2D eigenvalue weighted by Crippen LogP contribution is 2.27. The fourth-order valence-electron chi connectivity index (χ4n) is 2.85. The van der Waals surface area contributed by atoms with Gasteiger partial charge in [0, 0.05) is 24.8 Å². The number of carbonyl (C=O) groups is 2. The van der Waals surface area contributed by atoms with Crippen molar-refractivity contribution in [1.29, 1.82) is 0 Å². The number of anilines is 1. The minimum Gasteiger partial charge on any atom is -0.481 e. The molecular weight excluding hydrogens is 268 g/mol. The summed E-state index contributed by atoms with van der Waals surface area (Å²) >= 11 is 0. The number of carboxylic acids is 1. The van der Waals surface area contributed by atoms with Crippen molar-refractivity contribution >= 4 is 17.7 Å². The molecular formula is C16H22N2O3. The van der Waals surface area contributed by atoms with Gasteiger partial charge in [0.25, 0.3) is 0 Å². The van der Waals surface area contributed by atoms with Gasteiger partial charge in [0.15, 0.2) is 0 Å². The second-order valence-electron chi connectivity index (χ2n) is 5.53. The molecule has 0 bridgehead atoms. The smallest absolute Gasteiger partial charge is 0.324 e. The van der Waals surface area contributed by atoms with Crippen molar-refractivity contribution in [3.8, 4) is 0 Å².